The van der Waals surface area contributed by atoms with E-state index >= 15 is 0 Å². The topological polar surface area (TPSA) is 54.9 Å². The van der Waals surface area contributed by atoms with Gasteiger partial charge in [-0.15, -0.1) is 0 Å². The summed E-state index contributed by atoms with van der Waals surface area (Å²) >= 11 is 6.09. The van der Waals surface area contributed by atoms with E-state index in [1.54, 1.807) is 24.3 Å². The highest BCUT2D eigenvalue weighted by molar-refractivity contribution is 6.33. The van der Waals surface area contributed by atoms with Crippen LogP contribution in [0.5, 0.6) is 0 Å². The maximum atomic E-state index is 12.5. The van der Waals surface area contributed by atoms with Gasteiger partial charge in [0.2, 0.25) is 0 Å². The summed E-state index contributed by atoms with van der Waals surface area (Å²) in [6.45, 7) is 4.13. The lowest BCUT2D eigenvalue weighted by molar-refractivity contribution is 0.102. The van der Waals surface area contributed by atoms with Crippen molar-refractivity contribution >= 4 is 34.2 Å². The Hall–Kier alpha value is -2.46. The van der Waals surface area contributed by atoms with Gasteiger partial charge in [-0.05, 0) is 43.2 Å². The first-order valence-corrected chi connectivity index (χ1v) is 8.35. The van der Waals surface area contributed by atoms with E-state index in [-0.39, 0.29) is 5.91 Å². The second-order valence-corrected chi connectivity index (χ2v) is 5.87. The highest BCUT2D eigenvalue weighted by Crippen LogP contribution is 2.22. The van der Waals surface area contributed by atoms with Crippen LogP contribution in [-0.2, 0) is 12.8 Å². The monoisotopic (exact) mass is 339 g/mol. The molecular weight excluding hydrogens is 322 g/mol. The third kappa shape index (κ3) is 3.24. The van der Waals surface area contributed by atoms with Gasteiger partial charge in [0.15, 0.2) is 0 Å². The lowest BCUT2D eigenvalue weighted by Gasteiger charge is -2.09. The van der Waals surface area contributed by atoms with E-state index in [1.807, 2.05) is 18.2 Å². The summed E-state index contributed by atoms with van der Waals surface area (Å²) in [7, 11) is 0. The van der Waals surface area contributed by atoms with E-state index in [9.17, 15) is 4.79 Å². The number of para-hydroxylation sites is 1. The van der Waals surface area contributed by atoms with Crippen LogP contribution in [0.1, 0.15) is 35.6 Å². The average Bonchev–Trinajstić information content (AvgIpc) is 2.61. The van der Waals surface area contributed by atoms with Crippen molar-refractivity contribution in [2.45, 2.75) is 26.7 Å². The van der Waals surface area contributed by atoms with Crippen LogP contribution in [0.25, 0.3) is 11.0 Å². The van der Waals surface area contributed by atoms with Gasteiger partial charge in [0, 0.05) is 5.56 Å². The van der Waals surface area contributed by atoms with Gasteiger partial charge in [0.25, 0.3) is 5.91 Å². The number of amides is 1. The van der Waals surface area contributed by atoms with Crippen LogP contribution in [0.3, 0.4) is 0 Å². The first-order valence-electron chi connectivity index (χ1n) is 7.97. The molecule has 2 aromatic carbocycles. The first kappa shape index (κ1) is 16.4. The summed E-state index contributed by atoms with van der Waals surface area (Å²) < 4.78 is 0. The van der Waals surface area contributed by atoms with Crippen molar-refractivity contribution in [1.82, 2.24) is 9.97 Å². The number of hydrogen-bond acceptors (Lipinski definition) is 3. The molecule has 1 N–H and O–H groups in total. The second-order valence-electron chi connectivity index (χ2n) is 5.46. The molecule has 24 heavy (non-hydrogen) atoms. The Morgan fingerprint density at radius 3 is 2.33 bits per heavy atom. The Kier molecular flexibility index (Phi) is 4.76. The number of nitrogens with one attached hydrogen (secondary N) is 1. The maximum absolute atomic E-state index is 12.5. The van der Waals surface area contributed by atoms with Crippen molar-refractivity contribution in [3.63, 3.8) is 0 Å². The third-order valence-corrected chi connectivity index (χ3v) is 4.20. The molecule has 0 unspecified atom stereocenters. The van der Waals surface area contributed by atoms with Gasteiger partial charge in [-0.25, -0.2) is 9.97 Å². The van der Waals surface area contributed by atoms with Crippen LogP contribution in [0, 0.1) is 0 Å². The van der Waals surface area contributed by atoms with Crippen LogP contribution >= 0.6 is 11.6 Å². The van der Waals surface area contributed by atoms with Gasteiger partial charge in [-0.2, -0.15) is 0 Å². The van der Waals surface area contributed by atoms with Crippen molar-refractivity contribution < 1.29 is 4.79 Å². The molecule has 1 heterocycles. The Morgan fingerprint density at radius 1 is 1.00 bits per heavy atom. The molecule has 3 aromatic rings. The molecular formula is C19H18ClN3O. The zero-order valence-electron chi connectivity index (χ0n) is 13.6. The van der Waals surface area contributed by atoms with Crippen molar-refractivity contribution in [1.29, 1.82) is 0 Å². The molecule has 0 aliphatic rings. The molecule has 1 amide bonds. The molecule has 1 aromatic heterocycles. The van der Waals surface area contributed by atoms with Crippen molar-refractivity contribution in [2.75, 3.05) is 5.32 Å². The summed E-state index contributed by atoms with van der Waals surface area (Å²) in [5.74, 6) is -0.218. The SMILES string of the molecule is CCc1nc2ccc(C(=O)Nc3ccccc3Cl)cc2nc1CC. The zero-order valence-corrected chi connectivity index (χ0v) is 14.4. The summed E-state index contributed by atoms with van der Waals surface area (Å²) in [6, 6.07) is 12.5. The Balaban J connectivity index is 1.95. The molecule has 122 valence electrons. The smallest absolute Gasteiger partial charge is 0.255 e. The van der Waals surface area contributed by atoms with E-state index in [2.05, 4.69) is 29.1 Å². The number of halogens is 1. The minimum absolute atomic E-state index is 0.218. The highest BCUT2D eigenvalue weighted by Gasteiger charge is 2.11. The number of rotatable bonds is 4. The van der Waals surface area contributed by atoms with Crippen molar-refractivity contribution in [3.8, 4) is 0 Å². The second kappa shape index (κ2) is 6.97. The van der Waals surface area contributed by atoms with Gasteiger partial charge in [0.05, 0.1) is 33.1 Å². The lowest BCUT2D eigenvalue weighted by Crippen LogP contribution is -2.12. The summed E-state index contributed by atoms with van der Waals surface area (Å²) in [6.07, 6.45) is 1.67. The van der Waals surface area contributed by atoms with Gasteiger partial charge in [0.1, 0.15) is 0 Å². The third-order valence-electron chi connectivity index (χ3n) is 3.87. The van der Waals surface area contributed by atoms with Crippen molar-refractivity contribution in [2.24, 2.45) is 0 Å². The van der Waals surface area contributed by atoms with Gasteiger partial charge < -0.3 is 5.32 Å². The number of benzene rings is 2. The zero-order chi connectivity index (χ0) is 17.1. The van der Waals surface area contributed by atoms with E-state index in [0.717, 1.165) is 35.3 Å². The molecule has 0 saturated carbocycles. The molecule has 3 rings (SSSR count). The number of anilines is 1. The molecule has 5 heteroatoms. The number of nitrogens with zero attached hydrogens (tertiary/aromatic N) is 2. The molecule has 0 atom stereocenters. The number of carbonyl (C=O) groups excluding carboxylic acids is 1. The van der Waals surface area contributed by atoms with E-state index < -0.39 is 0 Å². The normalized spacial score (nSPS) is 10.8. The fourth-order valence-corrected chi connectivity index (χ4v) is 2.77. The minimum atomic E-state index is -0.218. The van der Waals surface area contributed by atoms with Crippen LogP contribution in [0.4, 0.5) is 5.69 Å². The van der Waals surface area contributed by atoms with Gasteiger partial charge in [-0.1, -0.05) is 37.6 Å². The molecule has 0 radical (unpaired) electrons. The van der Waals surface area contributed by atoms with E-state index in [4.69, 9.17) is 11.6 Å². The van der Waals surface area contributed by atoms with Crippen LogP contribution in [0.2, 0.25) is 5.02 Å². The summed E-state index contributed by atoms with van der Waals surface area (Å²) in [5, 5.41) is 3.33. The van der Waals surface area contributed by atoms with E-state index in [1.165, 1.54) is 0 Å². The average molecular weight is 340 g/mol. The largest absolute Gasteiger partial charge is 0.321 e. The minimum Gasteiger partial charge on any atom is -0.321 e. The first-order chi connectivity index (χ1) is 11.6. The number of aromatic nitrogens is 2. The quantitative estimate of drug-likeness (QED) is 0.752. The molecule has 0 bridgehead atoms. The number of aryl methyl sites for hydroxylation is 2. The molecule has 0 saturated heterocycles. The van der Waals surface area contributed by atoms with Crippen LogP contribution in [-0.4, -0.2) is 15.9 Å². The predicted octanol–water partition coefficient (Wildman–Crippen LogP) is 4.66. The van der Waals surface area contributed by atoms with Gasteiger partial charge in [-0.3, -0.25) is 4.79 Å². The predicted molar refractivity (Wildman–Crippen MR) is 97.7 cm³/mol. The summed E-state index contributed by atoms with van der Waals surface area (Å²) in [5.41, 5.74) is 4.65. The molecule has 0 fully saturated rings. The number of hydrogen-bond donors (Lipinski definition) is 1. The number of carbonyl (C=O) groups is 1. The molecule has 0 spiro atoms. The van der Waals surface area contributed by atoms with Gasteiger partial charge >= 0.3 is 0 Å². The Labute approximate surface area is 145 Å². The Bertz CT molecular complexity index is 908. The van der Waals surface area contributed by atoms with Crippen LogP contribution in [0.15, 0.2) is 42.5 Å². The fraction of sp³-hybridized carbons (Fsp3) is 0.211. The Morgan fingerprint density at radius 2 is 1.67 bits per heavy atom. The lowest BCUT2D eigenvalue weighted by atomic mass is 10.1. The maximum Gasteiger partial charge on any atom is 0.255 e. The standard InChI is InChI=1S/C19H18ClN3O/c1-3-14-15(4-2)22-18-11-12(9-10-17(18)21-14)19(24)23-16-8-6-5-7-13(16)20/h5-11H,3-4H2,1-2H3,(H,23,24). The van der Waals surface area contributed by atoms with Crippen LogP contribution < -0.4 is 5.32 Å². The highest BCUT2D eigenvalue weighted by atomic mass is 35.5. The molecule has 0 aliphatic carbocycles. The molecule has 4 nitrogen and oxygen atoms in total. The van der Waals surface area contributed by atoms with Crippen molar-refractivity contribution in [3.05, 3.63) is 64.4 Å². The fourth-order valence-electron chi connectivity index (χ4n) is 2.59. The summed E-state index contributed by atoms with van der Waals surface area (Å²) in [4.78, 5) is 21.8. The van der Waals surface area contributed by atoms with E-state index in [0.29, 0.717) is 16.3 Å². The molecule has 0 aliphatic heterocycles. The number of fused-ring (bicyclic) bond motifs is 1.